The molecular formula is C20H21ClFNO2S. The highest BCUT2D eigenvalue weighted by Crippen LogP contribution is 2.33. The number of carbonyl (C=O) groups is 1. The zero-order valence-electron chi connectivity index (χ0n) is 14.3. The Bertz CT molecular complexity index is 786. The molecule has 0 heterocycles. The molecule has 0 aromatic heterocycles. The molecule has 138 valence electrons. The molecule has 0 unspecified atom stereocenters. The summed E-state index contributed by atoms with van der Waals surface area (Å²) in [5.41, 5.74) is 0.982. The van der Waals surface area contributed by atoms with Gasteiger partial charge in [0.05, 0.1) is 11.1 Å². The average molecular weight is 394 g/mol. The lowest BCUT2D eigenvalue weighted by molar-refractivity contribution is 0.102. The van der Waals surface area contributed by atoms with Gasteiger partial charge in [-0.05, 0) is 55.7 Å². The predicted octanol–water partition coefficient (Wildman–Crippen LogP) is 5.52. The van der Waals surface area contributed by atoms with Crippen molar-refractivity contribution in [3.8, 4) is 0 Å². The molecule has 0 bridgehead atoms. The fourth-order valence-corrected chi connectivity index (χ4v) is 4.60. The smallest absolute Gasteiger partial charge is 0.255 e. The lowest BCUT2D eigenvalue weighted by Gasteiger charge is -2.16. The van der Waals surface area contributed by atoms with Crippen molar-refractivity contribution in [1.82, 2.24) is 0 Å². The number of carbonyl (C=O) groups excluding carboxylic acids is 1. The highest BCUT2D eigenvalue weighted by molar-refractivity contribution is 8.00. The van der Waals surface area contributed by atoms with Gasteiger partial charge < -0.3 is 10.4 Å². The van der Waals surface area contributed by atoms with Crippen LogP contribution in [0.15, 0.2) is 47.4 Å². The van der Waals surface area contributed by atoms with Crippen LogP contribution in [0.1, 0.15) is 42.5 Å². The number of thioether (sulfide) groups is 1. The summed E-state index contributed by atoms with van der Waals surface area (Å²) >= 11 is 7.47. The van der Waals surface area contributed by atoms with Crippen molar-refractivity contribution in [2.24, 2.45) is 0 Å². The Balaban J connectivity index is 1.67. The molecule has 0 aliphatic heterocycles. The van der Waals surface area contributed by atoms with E-state index in [0.717, 1.165) is 37.0 Å². The summed E-state index contributed by atoms with van der Waals surface area (Å²) in [6.07, 6.45) is 4.70. The van der Waals surface area contributed by atoms with Crippen molar-refractivity contribution >= 4 is 35.0 Å². The molecule has 1 saturated carbocycles. The number of aliphatic hydroxyl groups excluding tert-OH is 1. The summed E-state index contributed by atoms with van der Waals surface area (Å²) in [5.74, 6) is -0.787. The van der Waals surface area contributed by atoms with Gasteiger partial charge >= 0.3 is 0 Å². The molecule has 1 amide bonds. The number of benzene rings is 2. The Morgan fingerprint density at radius 2 is 2.00 bits per heavy atom. The minimum atomic E-state index is -0.520. The molecule has 3 rings (SSSR count). The minimum Gasteiger partial charge on any atom is -0.393 e. The minimum absolute atomic E-state index is 0.0287. The Morgan fingerprint density at radius 1 is 1.19 bits per heavy atom. The Morgan fingerprint density at radius 3 is 2.81 bits per heavy atom. The van der Waals surface area contributed by atoms with Crippen LogP contribution in [-0.4, -0.2) is 22.4 Å². The van der Waals surface area contributed by atoms with Gasteiger partial charge in [-0.15, -0.1) is 11.8 Å². The maximum absolute atomic E-state index is 13.2. The summed E-state index contributed by atoms with van der Waals surface area (Å²) in [6.45, 7) is 0. The quantitative estimate of drug-likeness (QED) is 0.672. The molecular weight excluding hydrogens is 373 g/mol. The van der Waals surface area contributed by atoms with Gasteiger partial charge in [-0.3, -0.25) is 4.79 Å². The van der Waals surface area contributed by atoms with Crippen LogP contribution in [-0.2, 0) is 0 Å². The van der Waals surface area contributed by atoms with Crippen molar-refractivity contribution in [3.63, 3.8) is 0 Å². The van der Waals surface area contributed by atoms with Crippen LogP contribution in [0.5, 0.6) is 0 Å². The van der Waals surface area contributed by atoms with E-state index in [1.54, 1.807) is 17.8 Å². The molecule has 2 aromatic carbocycles. The van der Waals surface area contributed by atoms with Gasteiger partial charge in [-0.25, -0.2) is 4.39 Å². The first-order valence-electron chi connectivity index (χ1n) is 8.72. The number of anilines is 1. The molecule has 0 saturated heterocycles. The Labute approximate surface area is 161 Å². The van der Waals surface area contributed by atoms with E-state index in [-0.39, 0.29) is 17.0 Å². The van der Waals surface area contributed by atoms with Crippen LogP contribution in [0, 0.1) is 5.82 Å². The number of hydrogen-bond donors (Lipinski definition) is 2. The van der Waals surface area contributed by atoms with Crippen molar-refractivity contribution < 1.29 is 14.3 Å². The second-order valence-electron chi connectivity index (χ2n) is 6.52. The van der Waals surface area contributed by atoms with Crippen molar-refractivity contribution in [2.75, 3.05) is 5.32 Å². The zero-order valence-corrected chi connectivity index (χ0v) is 15.8. The molecule has 2 aromatic rings. The van der Waals surface area contributed by atoms with Crippen LogP contribution >= 0.6 is 23.4 Å². The van der Waals surface area contributed by atoms with Crippen molar-refractivity contribution in [1.29, 1.82) is 0 Å². The number of aliphatic hydroxyl groups is 1. The number of nitrogens with one attached hydrogen (secondary N) is 1. The number of amides is 1. The molecule has 0 radical (unpaired) electrons. The molecule has 2 N–H and O–H groups in total. The van der Waals surface area contributed by atoms with Gasteiger partial charge in [0.25, 0.3) is 5.91 Å². The van der Waals surface area contributed by atoms with Gasteiger partial charge in [0.15, 0.2) is 0 Å². The van der Waals surface area contributed by atoms with E-state index in [1.165, 1.54) is 18.2 Å². The fraction of sp³-hybridized carbons (Fsp3) is 0.350. The number of rotatable bonds is 4. The first-order chi connectivity index (χ1) is 12.5. The van der Waals surface area contributed by atoms with E-state index >= 15 is 0 Å². The summed E-state index contributed by atoms with van der Waals surface area (Å²) in [4.78, 5) is 13.5. The Kier molecular flexibility index (Phi) is 6.57. The average Bonchev–Trinajstić information content (AvgIpc) is 2.82. The molecule has 0 spiro atoms. The van der Waals surface area contributed by atoms with E-state index in [0.29, 0.717) is 16.5 Å². The standard InChI is InChI=1S/C20H21ClFNO2S/c21-18-11-14(8-9-19(18)22)23-20(25)13-4-3-7-16(10-13)26-17-6-2-1-5-15(24)12-17/h3-4,7-11,15,17,24H,1-2,5-6,12H2,(H,23,25)/t15-,17-/m1/s1. The predicted molar refractivity (Wildman–Crippen MR) is 105 cm³/mol. The van der Waals surface area contributed by atoms with Crippen LogP contribution in [0.25, 0.3) is 0 Å². The summed E-state index contributed by atoms with van der Waals surface area (Å²) in [7, 11) is 0. The highest BCUT2D eigenvalue weighted by atomic mass is 35.5. The van der Waals surface area contributed by atoms with E-state index < -0.39 is 5.82 Å². The topological polar surface area (TPSA) is 49.3 Å². The highest BCUT2D eigenvalue weighted by Gasteiger charge is 2.19. The van der Waals surface area contributed by atoms with E-state index in [9.17, 15) is 14.3 Å². The molecule has 3 nitrogen and oxygen atoms in total. The fourth-order valence-electron chi connectivity index (χ4n) is 3.08. The maximum atomic E-state index is 13.2. The van der Waals surface area contributed by atoms with Gasteiger partial charge in [-0.1, -0.05) is 30.5 Å². The molecule has 1 fully saturated rings. The van der Waals surface area contributed by atoms with E-state index in [2.05, 4.69) is 5.32 Å². The van der Waals surface area contributed by atoms with Crippen molar-refractivity contribution in [2.45, 2.75) is 48.4 Å². The normalized spacial score (nSPS) is 20.4. The van der Waals surface area contributed by atoms with Crippen LogP contribution < -0.4 is 5.32 Å². The van der Waals surface area contributed by atoms with Crippen molar-refractivity contribution in [3.05, 3.63) is 58.9 Å². The van der Waals surface area contributed by atoms with Gasteiger partial charge in [0.1, 0.15) is 5.82 Å². The van der Waals surface area contributed by atoms with E-state index in [4.69, 9.17) is 11.6 Å². The summed E-state index contributed by atoms with van der Waals surface area (Å²) < 4.78 is 13.2. The molecule has 6 heteroatoms. The molecule has 26 heavy (non-hydrogen) atoms. The lowest BCUT2D eigenvalue weighted by Crippen LogP contribution is -2.13. The molecule has 1 aliphatic rings. The lowest BCUT2D eigenvalue weighted by atomic mass is 10.2. The number of hydrogen-bond acceptors (Lipinski definition) is 3. The number of halogens is 2. The first kappa shape index (κ1) is 19.2. The third-order valence-corrected chi connectivity index (χ3v) is 6.00. The SMILES string of the molecule is O=C(Nc1ccc(F)c(Cl)c1)c1cccc(S[C@@H]2CCCC[C@@H](O)C2)c1. The van der Waals surface area contributed by atoms with Crippen LogP contribution in [0.3, 0.4) is 0 Å². The molecule has 1 aliphatic carbocycles. The van der Waals surface area contributed by atoms with Crippen LogP contribution in [0.4, 0.5) is 10.1 Å². The largest absolute Gasteiger partial charge is 0.393 e. The van der Waals surface area contributed by atoms with Gasteiger partial charge in [0.2, 0.25) is 0 Å². The third kappa shape index (κ3) is 5.22. The van der Waals surface area contributed by atoms with E-state index in [1.807, 2.05) is 18.2 Å². The summed E-state index contributed by atoms with van der Waals surface area (Å²) in [5, 5.41) is 13.0. The van der Waals surface area contributed by atoms with Gasteiger partial charge in [0, 0.05) is 21.4 Å². The third-order valence-electron chi connectivity index (χ3n) is 4.42. The maximum Gasteiger partial charge on any atom is 0.255 e. The second-order valence-corrected chi connectivity index (χ2v) is 8.31. The van der Waals surface area contributed by atoms with Crippen LogP contribution in [0.2, 0.25) is 5.02 Å². The Hall–Kier alpha value is -1.56. The molecule has 2 atom stereocenters. The monoisotopic (exact) mass is 393 g/mol. The summed E-state index contributed by atoms with van der Waals surface area (Å²) in [6, 6.07) is 11.5. The second kappa shape index (κ2) is 8.89. The zero-order chi connectivity index (χ0) is 18.5. The first-order valence-corrected chi connectivity index (χ1v) is 9.98. The van der Waals surface area contributed by atoms with Gasteiger partial charge in [-0.2, -0.15) is 0 Å².